The van der Waals surface area contributed by atoms with Gasteiger partial charge in [0.05, 0.1) is 52.9 Å². The molecule has 1 N–H and O–H groups in total. The van der Waals surface area contributed by atoms with Crippen LogP contribution in [0, 0.1) is 12.3 Å². The Morgan fingerprint density at radius 1 is 0.595 bits per heavy atom. The molecule has 0 aliphatic carbocycles. The molecule has 0 spiro atoms. The maximum absolute atomic E-state index is 11.3. The highest BCUT2D eigenvalue weighted by Crippen LogP contribution is 2.33. The van der Waals surface area contributed by atoms with E-state index in [4.69, 9.17) is 30.1 Å². The van der Waals surface area contributed by atoms with E-state index in [0.717, 1.165) is 27.8 Å². The fraction of sp³-hybridized carbons (Fsp3) is 0.278. The molecule has 6 heteroatoms. The topological polar surface area (TPSA) is 66.4 Å². The fourth-order valence-corrected chi connectivity index (χ4v) is 4.90. The van der Waals surface area contributed by atoms with Crippen molar-refractivity contribution >= 4 is 0 Å². The Balaban J connectivity index is 1.43. The number of benzene rings is 4. The Morgan fingerprint density at radius 2 is 1.14 bits per heavy atom. The van der Waals surface area contributed by atoms with Crippen LogP contribution in [-0.4, -0.2) is 44.7 Å². The van der Waals surface area contributed by atoms with Gasteiger partial charge < -0.3 is 28.8 Å². The lowest BCUT2D eigenvalue weighted by atomic mass is 9.97. The summed E-state index contributed by atoms with van der Waals surface area (Å²) < 4.78 is 30.5. The highest BCUT2D eigenvalue weighted by Gasteiger charge is 2.18. The second-order valence-electron chi connectivity index (χ2n) is 10.1. The van der Waals surface area contributed by atoms with Crippen LogP contribution in [-0.2, 0) is 36.9 Å². The van der Waals surface area contributed by atoms with Crippen LogP contribution in [0.2, 0.25) is 0 Å². The average molecular weight is 565 g/mol. The third kappa shape index (κ3) is 8.07. The van der Waals surface area contributed by atoms with Crippen molar-refractivity contribution in [1.82, 2.24) is 0 Å². The van der Waals surface area contributed by atoms with E-state index >= 15 is 0 Å². The second kappa shape index (κ2) is 15.3. The van der Waals surface area contributed by atoms with E-state index < -0.39 is 0 Å². The lowest BCUT2D eigenvalue weighted by Gasteiger charge is -2.21. The van der Waals surface area contributed by atoms with Crippen molar-refractivity contribution in [2.24, 2.45) is 0 Å². The molecule has 216 valence electrons. The summed E-state index contributed by atoms with van der Waals surface area (Å²) in [6.07, 6.45) is 5.10. The van der Waals surface area contributed by atoms with E-state index in [-0.39, 0.29) is 31.2 Å². The summed E-state index contributed by atoms with van der Waals surface area (Å²) in [5.74, 6) is 2.85. The van der Waals surface area contributed by atoms with Gasteiger partial charge in [0.25, 0.3) is 0 Å². The first kappa shape index (κ1) is 29.5. The monoisotopic (exact) mass is 564 g/mol. The van der Waals surface area contributed by atoms with Gasteiger partial charge >= 0.3 is 0 Å². The zero-order valence-electron chi connectivity index (χ0n) is 23.6. The van der Waals surface area contributed by atoms with Crippen LogP contribution in [0.15, 0.2) is 97.1 Å². The molecule has 4 aromatic rings. The number of hydrogen-bond donors (Lipinski definition) is 1. The molecular formula is C36H36O6. The Kier molecular flexibility index (Phi) is 10.8. The molecule has 1 heterocycles. The van der Waals surface area contributed by atoms with E-state index in [2.05, 4.69) is 5.92 Å². The van der Waals surface area contributed by atoms with E-state index in [9.17, 15) is 5.11 Å². The lowest BCUT2D eigenvalue weighted by Crippen LogP contribution is -2.18. The van der Waals surface area contributed by atoms with Crippen molar-refractivity contribution in [3.63, 3.8) is 0 Å². The van der Waals surface area contributed by atoms with Gasteiger partial charge in [0.15, 0.2) is 0 Å². The SMILES string of the molecule is C#Cc1cccc(-c2cc3c(O)c(c2)COC[C@H](c2ccccc2)OCCOCCO[C@@H](c2ccccc2)COC3)c1. The Hall–Kier alpha value is -3.96. The van der Waals surface area contributed by atoms with Crippen molar-refractivity contribution < 1.29 is 28.8 Å². The summed E-state index contributed by atoms with van der Waals surface area (Å²) >= 11 is 0. The highest BCUT2D eigenvalue weighted by molar-refractivity contribution is 5.69. The molecule has 1 aliphatic heterocycles. The number of fused-ring (bicyclic) bond motifs is 2. The number of hydrogen-bond acceptors (Lipinski definition) is 6. The van der Waals surface area contributed by atoms with Gasteiger partial charge in [-0.05, 0) is 46.5 Å². The van der Waals surface area contributed by atoms with Crippen molar-refractivity contribution in [1.29, 1.82) is 0 Å². The molecule has 0 unspecified atom stereocenters. The van der Waals surface area contributed by atoms with Crippen LogP contribution in [0.5, 0.6) is 5.75 Å². The average Bonchev–Trinajstić information content (AvgIpc) is 3.04. The molecule has 0 aromatic heterocycles. The Bertz CT molecular complexity index is 1370. The number of rotatable bonds is 3. The Morgan fingerprint density at radius 3 is 1.67 bits per heavy atom. The summed E-state index contributed by atoms with van der Waals surface area (Å²) in [4.78, 5) is 0. The number of ether oxygens (including phenoxy) is 5. The van der Waals surface area contributed by atoms with Crippen LogP contribution in [0.3, 0.4) is 0 Å². The van der Waals surface area contributed by atoms with E-state index in [1.807, 2.05) is 97.1 Å². The minimum absolute atomic E-state index is 0.149. The Labute approximate surface area is 247 Å². The summed E-state index contributed by atoms with van der Waals surface area (Å²) in [6.45, 7) is 2.70. The molecule has 0 saturated heterocycles. The maximum Gasteiger partial charge on any atom is 0.126 e. The standard InChI is InChI=1S/C36H36O6/c1-2-27-10-9-15-30(20-27)31-21-32-23-39-25-34(28-11-5-3-6-12-28)41-18-16-38-17-19-42-35(29-13-7-4-8-14-29)26-40-24-33(22-31)36(32)37/h1,3-15,20-22,34-35,37H,16-19,23-26H2/t34-,35-/m1/s1. The van der Waals surface area contributed by atoms with Crippen LogP contribution in [0.4, 0.5) is 0 Å². The van der Waals surface area contributed by atoms with E-state index in [1.165, 1.54) is 0 Å². The summed E-state index contributed by atoms with van der Waals surface area (Å²) in [5, 5.41) is 11.3. The second-order valence-corrected chi connectivity index (χ2v) is 10.1. The molecule has 1 aliphatic rings. The predicted molar refractivity (Wildman–Crippen MR) is 162 cm³/mol. The van der Waals surface area contributed by atoms with Gasteiger partial charge in [0.1, 0.15) is 18.0 Å². The van der Waals surface area contributed by atoms with Crippen LogP contribution in [0.1, 0.15) is 40.0 Å². The summed E-state index contributed by atoms with van der Waals surface area (Å²) in [5.41, 5.74) is 5.99. The maximum atomic E-state index is 11.3. The molecule has 2 bridgehead atoms. The smallest absolute Gasteiger partial charge is 0.126 e. The normalized spacial score (nSPS) is 19.2. The fourth-order valence-electron chi connectivity index (χ4n) is 4.90. The molecule has 4 aromatic carbocycles. The molecule has 0 amide bonds. The molecule has 6 nitrogen and oxygen atoms in total. The molecule has 0 radical (unpaired) electrons. The van der Waals surface area contributed by atoms with Crippen LogP contribution in [0.25, 0.3) is 11.1 Å². The summed E-state index contributed by atoms with van der Waals surface area (Å²) in [7, 11) is 0. The van der Waals surface area contributed by atoms with Crippen LogP contribution < -0.4 is 0 Å². The van der Waals surface area contributed by atoms with Gasteiger partial charge in [0.2, 0.25) is 0 Å². The van der Waals surface area contributed by atoms with Gasteiger partial charge in [0, 0.05) is 16.7 Å². The summed E-state index contributed by atoms with van der Waals surface area (Å²) in [6, 6.07) is 31.6. The highest BCUT2D eigenvalue weighted by atomic mass is 16.6. The zero-order valence-corrected chi connectivity index (χ0v) is 23.6. The van der Waals surface area contributed by atoms with Gasteiger partial charge in [-0.2, -0.15) is 0 Å². The lowest BCUT2D eigenvalue weighted by molar-refractivity contribution is -0.0645. The molecule has 5 rings (SSSR count). The first-order valence-corrected chi connectivity index (χ1v) is 14.2. The van der Waals surface area contributed by atoms with E-state index in [0.29, 0.717) is 50.8 Å². The minimum Gasteiger partial charge on any atom is -0.507 e. The zero-order chi connectivity index (χ0) is 29.0. The van der Waals surface area contributed by atoms with Crippen molar-refractivity contribution in [3.05, 3.63) is 125 Å². The van der Waals surface area contributed by atoms with Gasteiger partial charge in [-0.15, -0.1) is 6.42 Å². The van der Waals surface area contributed by atoms with Gasteiger partial charge in [-0.25, -0.2) is 0 Å². The quantitative estimate of drug-likeness (QED) is 0.282. The molecule has 2 atom stereocenters. The third-order valence-electron chi connectivity index (χ3n) is 7.12. The third-order valence-corrected chi connectivity index (χ3v) is 7.12. The molecule has 0 fully saturated rings. The minimum atomic E-state index is -0.284. The first-order chi connectivity index (χ1) is 20.7. The predicted octanol–water partition coefficient (Wildman–Crippen LogP) is 6.62. The number of terminal acetylenes is 1. The van der Waals surface area contributed by atoms with Gasteiger partial charge in [-0.1, -0.05) is 78.7 Å². The van der Waals surface area contributed by atoms with Gasteiger partial charge in [-0.3, -0.25) is 0 Å². The number of aromatic hydroxyl groups is 1. The molecule has 42 heavy (non-hydrogen) atoms. The first-order valence-electron chi connectivity index (χ1n) is 14.2. The van der Waals surface area contributed by atoms with Crippen molar-refractivity contribution in [2.45, 2.75) is 25.4 Å². The van der Waals surface area contributed by atoms with Crippen molar-refractivity contribution in [3.8, 4) is 29.2 Å². The van der Waals surface area contributed by atoms with Crippen molar-refractivity contribution in [2.75, 3.05) is 39.6 Å². The molecular weight excluding hydrogens is 528 g/mol. The molecule has 0 saturated carbocycles. The van der Waals surface area contributed by atoms with Crippen LogP contribution >= 0.6 is 0 Å². The number of phenolic OH excluding ortho intramolecular Hbond substituents is 1. The number of phenols is 1. The largest absolute Gasteiger partial charge is 0.507 e. The van der Waals surface area contributed by atoms with E-state index in [1.54, 1.807) is 0 Å².